The molecule has 1 aromatic rings. The topological polar surface area (TPSA) is 83.9 Å². The van der Waals surface area contributed by atoms with E-state index in [0.29, 0.717) is 22.9 Å². The van der Waals surface area contributed by atoms with Crippen molar-refractivity contribution in [2.45, 2.75) is 76.7 Å². The van der Waals surface area contributed by atoms with Crippen molar-refractivity contribution in [3.8, 4) is 11.8 Å². The Kier molecular flexibility index (Phi) is 9.13. The van der Waals surface area contributed by atoms with E-state index in [1.54, 1.807) is 16.1 Å². The summed E-state index contributed by atoms with van der Waals surface area (Å²) in [7, 11) is 1.30. The Morgan fingerprint density at radius 1 is 1.32 bits per heavy atom. The number of carbonyl (C=O) groups excluding carboxylic acids is 1. The third-order valence-electron chi connectivity index (χ3n) is 5.49. The molecule has 2 rings (SSSR count). The minimum atomic E-state index is -3.66. The standard InChI is InChI=1S/C16H21NO4S.C7H13.O.Sn/c1-6-11(14(18)19)17-12-9-10(7-8-16(2,3)4)22-13(12)15(20)21-5;1-7-5-3-2-4-6-7;;/h9,11H,6H2,1-5H3,(H2,17,18,19,20);2,7H,3-6H2,1H3;;/q;;;+1/p-1/t11-;;;/m0.../s1. The van der Waals surface area contributed by atoms with E-state index in [2.05, 4.69) is 18.8 Å². The summed E-state index contributed by atoms with van der Waals surface area (Å²) in [5.74, 6) is 5.27. The first kappa shape index (κ1) is 25.9. The van der Waals surface area contributed by atoms with Crippen LogP contribution in [0.5, 0.6) is 0 Å². The molecule has 0 unspecified atom stereocenters. The number of carbonyl (C=O) groups is 2. The monoisotopic (exact) mass is 555 g/mol. The molecule has 1 aliphatic rings. The Balaban J connectivity index is 2.59. The van der Waals surface area contributed by atoms with Crippen molar-refractivity contribution in [1.29, 1.82) is 0 Å². The van der Waals surface area contributed by atoms with Gasteiger partial charge in [0.05, 0.1) is 0 Å². The summed E-state index contributed by atoms with van der Waals surface area (Å²) in [6.45, 7) is 9.95. The van der Waals surface area contributed by atoms with Gasteiger partial charge in [0.15, 0.2) is 0 Å². The molecule has 0 radical (unpaired) electrons. The molecule has 0 bridgehead atoms. The molecule has 170 valence electrons. The summed E-state index contributed by atoms with van der Waals surface area (Å²) in [5, 5.41) is 9.91. The minimum absolute atomic E-state index is 0.0292. The molecule has 1 N–H and O–H groups in total. The normalized spacial score (nSPS) is 19.7. The number of rotatable bonds is 7. The summed E-state index contributed by atoms with van der Waals surface area (Å²) in [6.07, 6.45) is 4.00. The van der Waals surface area contributed by atoms with E-state index in [-0.39, 0.29) is 14.2 Å². The number of hydrogen-bond donors (Lipinski definition) is 1. The third-order valence-corrected chi connectivity index (χ3v) is 13.1. The Bertz CT molecular complexity index is 884. The van der Waals surface area contributed by atoms with Crippen LogP contribution in [0.3, 0.4) is 0 Å². The molecule has 0 amide bonds. The number of esters is 1. The predicted octanol–water partition coefficient (Wildman–Crippen LogP) is 5.10. The van der Waals surface area contributed by atoms with Crippen LogP contribution >= 0.6 is 11.3 Å². The quantitative estimate of drug-likeness (QED) is 0.287. The van der Waals surface area contributed by atoms with Crippen LogP contribution in [0.25, 0.3) is 0 Å². The average Bonchev–Trinajstić information content (AvgIpc) is 3.13. The molecular weight excluding hydrogens is 521 g/mol. The molecule has 0 aliphatic heterocycles. The van der Waals surface area contributed by atoms with Crippen LogP contribution in [0.2, 0.25) is 3.93 Å². The van der Waals surface area contributed by atoms with E-state index < -0.39 is 38.0 Å². The zero-order chi connectivity index (χ0) is 23.3. The Labute approximate surface area is 196 Å². The number of carboxylic acid groups (broad SMARTS) is 1. The number of methoxy groups -OCH3 is 1. The first-order chi connectivity index (χ1) is 14.5. The van der Waals surface area contributed by atoms with Crippen LogP contribution in [0.4, 0.5) is 5.69 Å². The molecule has 1 atom stereocenters. The summed E-state index contributed by atoms with van der Waals surface area (Å²) in [6, 6.07) is 0.790. The number of thiophene rings is 1. The van der Waals surface area contributed by atoms with Crippen molar-refractivity contribution < 1.29 is 22.5 Å². The molecule has 1 aliphatic carbocycles. The number of carboxylic acids is 1. The van der Waals surface area contributed by atoms with E-state index in [4.69, 9.17) is 4.74 Å². The zero-order valence-electron chi connectivity index (χ0n) is 19.3. The average molecular weight is 554 g/mol. The van der Waals surface area contributed by atoms with Crippen molar-refractivity contribution in [3.63, 3.8) is 0 Å². The number of nitrogens with zero attached hydrogens (tertiary/aromatic N) is 1. The fraction of sp³-hybridized carbons (Fsp3) is 0.652. The maximum absolute atomic E-state index is 13.9. The molecule has 1 aromatic heterocycles. The summed E-state index contributed by atoms with van der Waals surface area (Å²) in [5.41, 5.74) is 0.188. The second-order valence-electron chi connectivity index (χ2n) is 9.24. The Hall–Kier alpha value is -1.40. The van der Waals surface area contributed by atoms with Crippen molar-refractivity contribution in [3.05, 3.63) is 15.8 Å². The van der Waals surface area contributed by atoms with Crippen molar-refractivity contribution >= 4 is 49.0 Å². The summed E-state index contributed by atoms with van der Waals surface area (Å²) < 4.78 is 20.4. The van der Waals surface area contributed by atoms with Crippen molar-refractivity contribution in [2.24, 2.45) is 11.3 Å². The van der Waals surface area contributed by atoms with E-state index in [1.165, 1.54) is 18.4 Å². The number of aliphatic carboxylic acids is 1. The summed E-state index contributed by atoms with van der Waals surface area (Å²) in [4.78, 5) is 25.6. The number of ether oxygens (including phenoxy) is 1. The fourth-order valence-electron chi connectivity index (χ4n) is 3.72. The van der Waals surface area contributed by atoms with Gasteiger partial charge in [0.1, 0.15) is 0 Å². The molecule has 1 fully saturated rings. The van der Waals surface area contributed by atoms with Gasteiger partial charge in [0.2, 0.25) is 0 Å². The molecule has 6 nitrogen and oxygen atoms in total. The van der Waals surface area contributed by atoms with Gasteiger partial charge in [-0.3, -0.25) is 0 Å². The van der Waals surface area contributed by atoms with Gasteiger partial charge in [0, 0.05) is 0 Å². The predicted molar refractivity (Wildman–Crippen MR) is 124 cm³/mol. The van der Waals surface area contributed by atoms with Gasteiger partial charge < -0.3 is 0 Å². The van der Waals surface area contributed by atoms with Gasteiger partial charge in [-0.1, -0.05) is 0 Å². The molecule has 0 aromatic carbocycles. The Morgan fingerprint density at radius 2 is 1.94 bits per heavy atom. The van der Waals surface area contributed by atoms with Crippen LogP contribution in [-0.4, -0.2) is 50.2 Å². The second kappa shape index (κ2) is 11.0. The first-order valence-electron chi connectivity index (χ1n) is 10.8. The van der Waals surface area contributed by atoms with E-state index in [0.717, 1.165) is 25.7 Å². The summed E-state index contributed by atoms with van der Waals surface area (Å²) >= 11 is -2.48. The van der Waals surface area contributed by atoms with Crippen LogP contribution in [0.1, 0.15) is 81.3 Å². The second-order valence-corrected chi connectivity index (χ2v) is 15.9. The molecule has 1 heterocycles. The van der Waals surface area contributed by atoms with Gasteiger partial charge in [0.25, 0.3) is 0 Å². The van der Waals surface area contributed by atoms with Gasteiger partial charge in [-0.2, -0.15) is 0 Å². The molecular formula is C23H33NO5SSn. The van der Waals surface area contributed by atoms with Crippen molar-refractivity contribution in [1.82, 2.24) is 0 Å². The van der Waals surface area contributed by atoms with Crippen LogP contribution in [0.15, 0.2) is 6.07 Å². The molecule has 31 heavy (non-hydrogen) atoms. The van der Waals surface area contributed by atoms with E-state index >= 15 is 0 Å². The number of hydrogen-bond acceptors (Lipinski definition) is 5. The van der Waals surface area contributed by atoms with Crippen LogP contribution < -0.4 is 3.12 Å². The van der Waals surface area contributed by atoms with Gasteiger partial charge in [-0.15, -0.1) is 0 Å². The van der Waals surface area contributed by atoms with Gasteiger partial charge >= 0.3 is 197 Å². The maximum atomic E-state index is 13.9. The number of anilines is 1. The van der Waals surface area contributed by atoms with Gasteiger partial charge in [-0.25, -0.2) is 0 Å². The molecule has 0 saturated heterocycles. The van der Waals surface area contributed by atoms with E-state index in [1.807, 2.05) is 20.8 Å². The first-order valence-corrected chi connectivity index (χ1v) is 15.7. The van der Waals surface area contributed by atoms with Crippen molar-refractivity contribution in [2.75, 3.05) is 10.2 Å². The van der Waals surface area contributed by atoms with Crippen LogP contribution in [0, 0.1) is 23.2 Å². The third kappa shape index (κ3) is 6.79. The van der Waals surface area contributed by atoms with Gasteiger partial charge in [-0.05, 0) is 0 Å². The fourth-order valence-corrected chi connectivity index (χ4v) is 11.3. The SMILES string of the molecule is CC[C@@H](C(=O)O)[N](c1cc(C#CC(C)(C)C)sc1C(=O)OC)[Sn](=[O])[CH]1CCC(C)CC1. The molecule has 8 heteroatoms. The zero-order valence-corrected chi connectivity index (χ0v) is 23.0. The molecule has 0 spiro atoms. The Morgan fingerprint density at radius 3 is 2.42 bits per heavy atom. The van der Waals surface area contributed by atoms with Crippen LogP contribution in [-0.2, 0) is 12.6 Å². The molecule has 1 saturated carbocycles. The van der Waals surface area contributed by atoms with E-state index in [9.17, 15) is 17.8 Å².